The predicted octanol–water partition coefficient (Wildman–Crippen LogP) is 2.16. The molecule has 2 rings (SSSR count). The summed E-state index contributed by atoms with van der Waals surface area (Å²) in [6.07, 6.45) is 1.67. The lowest BCUT2D eigenvalue weighted by Gasteiger charge is -2.31. The third kappa shape index (κ3) is 3.03. The zero-order chi connectivity index (χ0) is 13.2. The van der Waals surface area contributed by atoms with Crippen molar-refractivity contribution in [2.24, 2.45) is 0 Å². The van der Waals surface area contributed by atoms with Crippen LogP contribution in [0.3, 0.4) is 0 Å². The molecule has 0 aromatic heterocycles. The van der Waals surface area contributed by atoms with Gasteiger partial charge < -0.3 is 15.7 Å². The number of hydrogen-bond donors (Lipinski definition) is 3. The van der Waals surface area contributed by atoms with Gasteiger partial charge in [0.2, 0.25) is 0 Å². The fourth-order valence-corrected chi connectivity index (χ4v) is 2.46. The van der Waals surface area contributed by atoms with Gasteiger partial charge in [-0.2, -0.15) is 0 Å². The van der Waals surface area contributed by atoms with Crippen molar-refractivity contribution in [1.29, 1.82) is 0 Å². The van der Waals surface area contributed by atoms with E-state index in [1.54, 1.807) is 0 Å². The molecule has 18 heavy (non-hydrogen) atoms. The first-order valence-corrected chi connectivity index (χ1v) is 6.79. The van der Waals surface area contributed by atoms with Crippen LogP contribution < -0.4 is 10.6 Å². The van der Waals surface area contributed by atoms with Gasteiger partial charge in [-0.15, -0.1) is 0 Å². The third-order valence-corrected chi connectivity index (χ3v) is 3.71. The van der Waals surface area contributed by atoms with Crippen LogP contribution in [0.4, 0.5) is 5.69 Å². The van der Waals surface area contributed by atoms with Crippen molar-refractivity contribution in [1.82, 2.24) is 5.32 Å². The van der Waals surface area contributed by atoms with Gasteiger partial charge in [0.05, 0.1) is 11.6 Å². The summed E-state index contributed by atoms with van der Waals surface area (Å²) in [5, 5.41) is 17.4. The molecule has 1 aliphatic rings. The SMILES string of the molecule is CC(C)NCCC(C)(O)C1Cc2ccccc2N1. The fraction of sp³-hybridized carbons (Fsp3) is 0.600. The third-order valence-electron chi connectivity index (χ3n) is 3.71. The second-order valence-corrected chi connectivity index (χ2v) is 5.77. The first-order chi connectivity index (χ1) is 8.49. The van der Waals surface area contributed by atoms with Crippen LogP contribution in [-0.4, -0.2) is 29.3 Å². The molecule has 0 fully saturated rings. The molecule has 0 bridgehead atoms. The van der Waals surface area contributed by atoms with Crippen LogP contribution >= 0.6 is 0 Å². The van der Waals surface area contributed by atoms with Gasteiger partial charge in [0, 0.05) is 11.7 Å². The van der Waals surface area contributed by atoms with Crippen LogP contribution in [0, 0.1) is 0 Å². The molecule has 0 saturated heterocycles. The van der Waals surface area contributed by atoms with Crippen molar-refractivity contribution in [3.05, 3.63) is 29.8 Å². The minimum absolute atomic E-state index is 0.115. The fourth-order valence-electron chi connectivity index (χ4n) is 2.46. The highest BCUT2D eigenvalue weighted by Crippen LogP contribution is 2.31. The van der Waals surface area contributed by atoms with Crippen LogP contribution in [-0.2, 0) is 6.42 Å². The summed E-state index contributed by atoms with van der Waals surface area (Å²) >= 11 is 0. The van der Waals surface area contributed by atoms with Crippen LogP contribution in [0.5, 0.6) is 0 Å². The molecule has 0 saturated carbocycles. The average Bonchev–Trinajstić information content (AvgIpc) is 2.72. The number of para-hydroxylation sites is 1. The molecule has 100 valence electrons. The molecule has 1 aromatic rings. The van der Waals surface area contributed by atoms with E-state index < -0.39 is 5.60 Å². The molecule has 0 radical (unpaired) electrons. The summed E-state index contributed by atoms with van der Waals surface area (Å²) in [7, 11) is 0. The number of fused-ring (bicyclic) bond motifs is 1. The van der Waals surface area contributed by atoms with Crippen molar-refractivity contribution in [3.63, 3.8) is 0 Å². The number of rotatable bonds is 5. The largest absolute Gasteiger partial charge is 0.388 e. The molecule has 1 aliphatic heterocycles. The second kappa shape index (κ2) is 5.29. The van der Waals surface area contributed by atoms with E-state index in [0.717, 1.165) is 19.4 Å². The summed E-state index contributed by atoms with van der Waals surface area (Å²) in [6.45, 7) is 7.02. The Morgan fingerprint density at radius 2 is 2.17 bits per heavy atom. The van der Waals surface area contributed by atoms with Gasteiger partial charge in [0.1, 0.15) is 0 Å². The molecule has 3 nitrogen and oxygen atoms in total. The Morgan fingerprint density at radius 1 is 1.44 bits per heavy atom. The molecule has 2 atom stereocenters. The van der Waals surface area contributed by atoms with E-state index in [2.05, 4.69) is 42.7 Å². The standard InChI is InChI=1S/C15H24N2O/c1-11(2)16-9-8-15(3,18)14-10-12-6-4-5-7-13(12)17-14/h4-7,11,14,16-18H,8-10H2,1-3H3. The Morgan fingerprint density at radius 3 is 2.83 bits per heavy atom. The molecule has 1 heterocycles. The first kappa shape index (κ1) is 13.4. The highest BCUT2D eigenvalue weighted by Gasteiger charge is 2.35. The van der Waals surface area contributed by atoms with E-state index in [0.29, 0.717) is 6.04 Å². The smallest absolute Gasteiger partial charge is 0.0835 e. The number of aliphatic hydroxyl groups is 1. The molecule has 1 aromatic carbocycles. The maximum absolute atomic E-state index is 10.6. The van der Waals surface area contributed by atoms with Crippen molar-refractivity contribution >= 4 is 5.69 Å². The van der Waals surface area contributed by atoms with E-state index in [9.17, 15) is 5.11 Å². The Kier molecular flexibility index (Phi) is 3.93. The number of anilines is 1. The molecule has 3 heteroatoms. The summed E-state index contributed by atoms with van der Waals surface area (Å²) in [5.41, 5.74) is 1.79. The van der Waals surface area contributed by atoms with Gasteiger partial charge >= 0.3 is 0 Å². The summed E-state index contributed by atoms with van der Waals surface area (Å²) in [4.78, 5) is 0. The topological polar surface area (TPSA) is 44.3 Å². The van der Waals surface area contributed by atoms with Crippen molar-refractivity contribution in [3.8, 4) is 0 Å². The average molecular weight is 248 g/mol. The summed E-state index contributed by atoms with van der Waals surface area (Å²) < 4.78 is 0. The van der Waals surface area contributed by atoms with E-state index in [-0.39, 0.29) is 6.04 Å². The Bertz CT molecular complexity index is 376. The Labute approximate surface area is 110 Å². The lowest BCUT2D eigenvalue weighted by Crippen LogP contribution is -2.45. The van der Waals surface area contributed by atoms with Gasteiger partial charge in [-0.05, 0) is 37.9 Å². The molecular weight excluding hydrogens is 224 g/mol. The quantitative estimate of drug-likeness (QED) is 0.748. The van der Waals surface area contributed by atoms with E-state index >= 15 is 0 Å². The van der Waals surface area contributed by atoms with Crippen LogP contribution in [0.1, 0.15) is 32.8 Å². The maximum atomic E-state index is 10.6. The van der Waals surface area contributed by atoms with Gasteiger partial charge in [0.25, 0.3) is 0 Å². The van der Waals surface area contributed by atoms with Crippen molar-refractivity contribution in [2.45, 2.75) is 51.3 Å². The van der Waals surface area contributed by atoms with Gasteiger partial charge in [-0.1, -0.05) is 32.0 Å². The second-order valence-electron chi connectivity index (χ2n) is 5.77. The monoisotopic (exact) mass is 248 g/mol. The molecule has 3 N–H and O–H groups in total. The highest BCUT2D eigenvalue weighted by atomic mass is 16.3. The first-order valence-electron chi connectivity index (χ1n) is 6.79. The molecule has 0 amide bonds. The Hall–Kier alpha value is -1.06. The van der Waals surface area contributed by atoms with Crippen LogP contribution in [0.15, 0.2) is 24.3 Å². The van der Waals surface area contributed by atoms with Gasteiger partial charge in [0.15, 0.2) is 0 Å². The minimum atomic E-state index is -0.680. The summed E-state index contributed by atoms with van der Waals surface area (Å²) in [5.74, 6) is 0. The highest BCUT2D eigenvalue weighted by molar-refractivity contribution is 5.57. The van der Waals surface area contributed by atoms with E-state index in [1.165, 1.54) is 11.3 Å². The van der Waals surface area contributed by atoms with Crippen LogP contribution in [0.25, 0.3) is 0 Å². The predicted molar refractivity (Wildman–Crippen MR) is 75.9 cm³/mol. The molecule has 2 unspecified atom stereocenters. The lowest BCUT2D eigenvalue weighted by molar-refractivity contribution is 0.0329. The zero-order valence-corrected chi connectivity index (χ0v) is 11.5. The zero-order valence-electron chi connectivity index (χ0n) is 11.5. The van der Waals surface area contributed by atoms with E-state index in [4.69, 9.17) is 0 Å². The molecule has 0 aliphatic carbocycles. The minimum Gasteiger partial charge on any atom is -0.388 e. The lowest BCUT2D eigenvalue weighted by atomic mass is 9.90. The number of nitrogens with one attached hydrogen (secondary N) is 2. The van der Waals surface area contributed by atoms with E-state index in [1.807, 2.05) is 13.0 Å². The maximum Gasteiger partial charge on any atom is 0.0835 e. The number of hydrogen-bond acceptors (Lipinski definition) is 3. The number of benzene rings is 1. The van der Waals surface area contributed by atoms with Crippen LogP contribution in [0.2, 0.25) is 0 Å². The molecular formula is C15H24N2O. The normalized spacial score (nSPS) is 21.5. The van der Waals surface area contributed by atoms with Crippen molar-refractivity contribution in [2.75, 3.05) is 11.9 Å². The Balaban J connectivity index is 1.93. The van der Waals surface area contributed by atoms with Crippen molar-refractivity contribution < 1.29 is 5.11 Å². The summed E-state index contributed by atoms with van der Waals surface area (Å²) in [6, 6.07) is 8.88. The molecule has 0 spiro atoms. The van der Waals surface area contributed by atoms with Gasteiger partial charge in [-0.25, -0.2) is 0 Å². The van der Waals surface area contributed by atoms with Gasteiger partial charge in [-0.3, -0.25) is 0 Å².